The molecule has 33 heavy (non-hydrogen) atoms. The molecule has 2 aromatic rings. The number of thioether (sulfide) groups is 1. The fraction of sp³-hybridized carbons (Fsp3) is 0.600. The van der Waals surface area contributed by atoms with Crippen LogP contribution in [0.2, 0.25) is 0 Å². The smallest absolute Gasteiger partial charge is 0.249 e. The second kappa shape index (κ2) is 8.69. The van der Waals surface area contributed by atoms with Crippen LogP contribution < -0.4 is 5.32 Å². The zero-order chi connectivity index (χ0) is 22.4. The van der Waals surface area contributed by atoms with Crippen LogP contribution >= 0.6 is 23.1 Å². The molecule has 8 heteroatoms. The summed E-state index contributed by atoms with van der Waals surface area (Å²) in [5.74, 6) is 3.14. The predicted octanol–water partition coefficient (Wildman–Crippen LogP) is 4.98. The third kappa shape index (κ3) is 4.20. The number of hydrogen-bond donors (Lipinski definition) is 1. The van der Waals surface area contributed by atoms with Crippen molar-refractivity contribution in [3.63, 3.8) is 0 Å². The molecule has 4 saturated carbocycles. The van der Waals surface area contributed by atoms with Crippen LogP contribution in [0, 0.1) is 23.2 Å². The van der Waals surface area contributed by atoms with Gasteiger partial charge in [-0.25, -0.2) is 0 Å². The standard InChI is InChI=1S/C25H30N4O2S2/c30-21(26-23-27-28-24(33-23)32-15-16-5-2-1-3-6-16)20-7-4-8-29(20)22(31)25-12-17-9-18(13-25)11-19(10-17)14-25/h1-3,5-6,17-20H,4,7-15H2,(H,26,27,30). The molecule has 1 saturated heterocycles. The largest absolute Gasteiger partial charge is 0.330 e. The van der Waals surface area contributed by atoms with Gasteiger partial charge < -0.3 is 4.90 Å². The summed E-state index contributed by atoms with van der Waals surface area (Å²) in [5.41, 5.74) is 1.04. The summed E-state index contributed by atoms with van der Waals surface area (Å²) in [6.45, 7) is 0.701. The summed E-state index contributed by atoms with van der Waals surface area (Å²) < 4.78 is 0.835. The van der Waals surface area contributed by atoms with Crippen molar-refractivity contribution in [2.45, 2.75) is 67.5 Å². The van der Waals surface area contributed by atoms with Crippen LogP contribution in [0.5, 0.6) is 0 Å². The maximum absolute atomic E-state index is 13.8. The first-order valence-electron chi connectivity index (χ1n) is 12.2. The van der Waals surface area contributed by atoms with Gasteiger partial charge in [0.2, 0.25) is 16.9 Å². The summed E-state index contributed by atoms with van der Waals surface area (Å²) in [6, 6.07) is 9.86. The molecule has 2 amide bonds. The molecule has 1 aromatic carbocycles. The normalized spacial score (nSPS) is 32.3. The monoisotopic (exact) mass is 482 g/mol. The Labute approximate surface area is 202 Å². The van der Waals surface area contributed by atoms with Gasteiger partial charge in [-0.3, -0.25) is 14.9 Å². The predicted molar refractivity (Wildman–Crippen MR) is 130 cm³/mol. The number of nitrogens with one attached hydrogen (secondary N) is 1. The minimum Gasteiger partial charge on any atom is -0.330 e. The van der Waals surface area contributed by atoms with E-state index in [1.807, 2.05) is 23.1 Å². The fourth-order valence-electron chi connectivity index (χ4n) is 7.19. The SMILES string of the molecule is O=C(Nc1nnc(SCc2ccccc2)s1)C1CCCN1C(=O)C12CC3CC(CC(C3)C1)C2. The van der Waals surface area contributed by atoms with Crippen molar-refractivity contribution < 1.29 is 9.59 Å². The molecule has 1 atom stereocenters. The average Bonchev–Trinajstić information content (AvgIpc) is 3.47. The number of benzene rings is 1. The van der Waals surface area contributed by atoms with Gasteiger partial charge in [0.15, 0.2) is 4.34 Å². The average molecular weight is 483 g/mol. The van der Waals surface area contributed by atoms with Crippen LogP contribution in [0.1, 0.15) is 56.9 Å². The Bertz CT molecular complexity index is 1000. The lowest BCUT2D eigenvalue weighted by atomic mass is 9.49. The van der Waals surface area contributed by atoms with E-state index in [0.29, 0.717) is 11.7 Å². The number of aromatic nitrogens is 2. The van der Waals surface area contributed by atoms with Crippen LogP contribution in [0.25, 0.3) is 0 Å². The van der Waals surface area contributed by atoms with Crippen molar-refractivity contribution in [3.05, 3.63) is 35.9 Å². The Balaban J connectivity index is 1.10. The van der Waals surface area contributed by atoms with Crippen molar-refractivity contribution >= 4 is 40.0 Å². The Morgan fingerprint density at radius 2 is 1.76 bits per heavy atom. The van der Waals surface area contributed by atoms with Crippen molar-refractivity contribution in [2.75, 3.05) is 11.9 Å². The van der Waals surface area contributed by atoms with Crippen LogP contribution in [0.3, 0.4) is 0 Å². The van der Waals surface area contributed by atoms with E-state index < -0.39 is 0 Å². The number of rotatable bonds is 6. The number of anilines is 1. The van der Waals surface area contributed by atoms with Crippen molar-refractivity contribution in [1.29, 1.82) is 0 Å². The van der Waals surface area contributed by atoms with Crippen molar-refractivity contribution in [1.82, 2.24) is 15.1 Å². The summed E-state index contributed by atoms with van der Waals surface area (Å²) >= 11 is 3.02. The van der Waals surface area contributed by atoms with Gasteiger partial charge in [-0.05, 0) is 74.7 Å². The molecular formula is C25H30N4O2S2. The molecular weight excluding hydrogens is 452 g/mol. The first kappa shape index (κ1) is 21.6. The Kier molecular flexibility index (Phi) is 5.69. The molecule has 1 N–H and O–H groups in total. The van der Waals surface area contributed by atoms with E-state index >= 15 is 0 Å². The van der Waals surface area contributed by atoms with Gasteiger partial charge in [-0.1, -0.05) is 53.4 Å². The molecule has 5 fully saturated rings. The number of carbonyl (C=O) groups is 2. The quantitative estimate of drug-likeness (QED) is 0.464. The molecule has 0 radical (unpaired) electrons. The molecule has 4 aliphatic carbocycles. The Morgan fingerprint density at radius 1 is 1.06 bits per heavy atom. The van der Waals surface area contributed by atoms with Crippen LogP contribution in [-0.2, 0) is 15.3 Å². The molecule has 174 valence electrons. The zero-order valence-electron chi connectivity index (χ0n) is 18.7. The lowest BCUT2D eigenvalue weighted by molar-refractivity contribution is -0.160. The molecule has 0 spiro atoms. The van der Waals surface area contributed by atoms with Gasteiger partial charge in [0.1, 0.15) is 6.04 Å². The highest BCUT2D eigenvalue weighted by Gasteiger charge is 2.56. The van der Waals surface area contributed by atoms with E-state index in [4.69, 9.17) is 0 Å². The van der Waals surface area contributed by atoms with Crippen molar-refractivity contribution in [3.8, 4) is 0 Å². The van der Waals surface area contributed by atoms with Crippen LogP contribution in [0.15, 0.2) is 34.7 Å². The van der Waals surface area contributed by atoms with E-state index in [0.717, 1.165) is 60.0 Å². The zero-order valence-corrected chi connectivity index (χ0v) is 20.4. The van der Waals surface area contributed by atoms with Gasteiger partial charge in [0.05, 0.1) is 5.41 Å². The van der Waals surface area contributed by atoms with Gasteiger partial charge in [-0.15, -0.1) is 10.2 Å². The number of likely N-dealkylation sites (tertiary alicyclic amines) is 1. The second-order valence-electron chi connectivity index (χ2n) is 10.5. The lowest BCUT2D eigenvalue weighted by Gasteiger charge is -2.56. The number of amides is 2. The second-order valence-corrected chi connectivity index (χ2v) is 12.7. The fourth-order valence-corrected chi connectivity index (χ4v) is 8.90. The molecule has 4 bridgehead atoms. The van der Waals surface area contributed by atoms with Crippen LogP contribution in [0.4, 0.5) is 5.13 Å². The van der Waals surface area contributed by atoms with E-state index in [9.17, 15) is 9.59 Å². The minimum absolute atomic E-state index is 0.110. The maximum atomic E-state index is 13.8. The third-order valence-electron chi connectivity index (χ3n) is 8.15. The molecule has 1 aliphatic heterocycles. The Hall–Kier alpha value is -1.93. The topological polar surface area (TPSA) is 75.2 Å². The molecule has 6 nitrogen and oxygen atoms in total. The summed E-state index contributed by atoms with van der Waals surface area (Å²) in [6.07, 6.45) is 8.71. The van der Waals surface area contributed by atoms with Crippen molar-refractivity contribution in [2.24, 2.45) is 23.2 Å². The maximum Gasteiger partial charge on any atom is 0.249 e. The highest BCUT2D eigenvalue weighted by atomic mass is 32.2. The molecule has 7 rings (SSSR count). The van der Waals surface area contributed by atoms with E-state index in [1.165, 1.54) is 36.2 Å². The number of hydrogen-bond acceptors (Lipinski definition) is 6. The van der Waals surface area contributed by atoms with E-state index in [-0.39, 0.29) is 23.3 Å². The van der Waals surface area contributed by atoms with Gasteiger partial charge >= 0.3 is 0 Å². The summed E-state index contributed by atoms with van der Waals surface area (Å²) in [7, 11) is 0. The molecule has 1 aromatic heterocycles. The first-order chi connectivity index (χ1) is 16.1. The lowest BCUT2D eigenvalue weighted by Crippen LogP contribution is -2.56. The van der Waals surface area contributed by atoms with Gasteiger partial charge in [0.25, 0.3) is 0 Å². The third-order valence-corrected chi connectivity index (χ3v) is 10.2. The summed E-state index contributed by atoms with van der Waals surface area (Å²) in [5, 5.41) is 11.9. The van der Waals surface area contributed by atoms with E-state index in [2.05, 4.69) is 27.6 Å². The van der Waals surface area contributed by atoms with Gasteiger partial charge in [0, 0.05) is 12.3 Å². The number of carbonyl (C=O) groups excluding carboxylic acids is 2. The highest BCUT2D eigenvalue weighted by Crippen LogP contribution is 2.60. The molecule has 1 unspecified atom stereocenters. The summed E-state index contributed by atoms with van der Waals surface area (Å²) in [4.78, 5) is 28.9. The van der Waals surface area contributed by atoms with Gasteiger partial charge in [-0.2, -0.15) is 0 Å². The van der Waals surface area contributed by atoms with Crippen LogP contribution in [-0.4, -0.2) is 39.5 Å². The Morgan fingerprint density at radius 3 is 2.45 bits per heavy atom. The van der Waals surface area contributed by atoms with E-state index in [1.54, 1.807) is 11.8 Å². The number of nitrogens with zero attached hydrogens (tertiary/aromatic N) is 3. The molecule has 5 aliphatic rings. The first-order valence-corrected chi connectivity index (χ1v) is 14.0. The minimum atomic E-state index is -0.380. The molecule has 2 heterocycles. The highest BCUT2D eigenvalue weighted by molar-refractivity contribution is 8.00.